The minimum absolute atomic E-state index is 0.0511. The summed E-state index contributed by atoms with van der Waals surface area (Å²) in [5.41, 5.74) is 0. The van der Waals surface area contributed by atoms with Crippen LogP contribution in [0.25, 0.3) is 0 Å². The van der Waals surface area contributed by atoms with Gasteiger partial charge in [0.05, 0.1) is 12.5 Å². The molecule has 0 aromatic carbocycles. The third-order valence-corrected chi connectivity index (χ3v) is 2.06. The van der Waals surface area contributed by atoms with Crippen LogP contribution in [0, 0.1) is 5.92 Å². The van der Waals surface area contributed by atoms with E-state index in [-0.39, 0.29) is 11.9 Å². The van der Waals surface area contributed by atoms with Crippen LogP contribution < -0.4 is 0 Å². The van der Waals surface area contributed by atoms with Crippen LogP contribution >= 0.6 is 0 Å². The fourth-order valence-corrected chi connectivity index (χ4v) is 1.21. The van der Waals surface area contributed by atoms with Crippen molar-refractivity contribution in [2.75, 3.05) is 6.61 Å². The summed E-state index contributed by atoms with van der Waals surface area (Å²) in [6, 6.07) is 0. The van der Waals surface area contributed by atoms with Crippen molar-refractivity contribution in [2.45, 2.75) is 46.5 Å². The van der Waals surface area contributed by atoms with Gasteiger partial charge in [0.2, 0.25) is 0 Å². The van der Waals surface area contributed by atoms with Crippen LogP contribution in [0.1, 0.15) is 46.5 Å². The van der Waals surface area contributed by atoms with Crippen LogP contribution in [0.5, 0.6) is 0 Å². The first-order valence-electron chi connectivity index (χ1n) is 5.54. The summed E-state index contributed by atoms with van der Waals surface area (Å²) in [7, 11) is 0. The molecule has 0 spiro atoms. The lowest BCUT2D eigenvalue weighted by Gasteiger charge is -2.08. The summed E-state index contributed by atoms with van der Waals surface area (Å²) in [5, 5.41) is 0. The number of allylic oxidation sites excluding steroid dienone is 1. The summed E-state index contributed by atoms with van der Waals surface area (Å²) in [5.74, 6) is -0.00750. The van der Waals surface area contributed by atoms with E-state index in [1.165, 1.54) is 0 Å². The molecule has 0 aliphatic carbocycles. The molecule has 0 heterocycles. The molecule has 1 unspecified atom stereocenters. The molecule has 2 heteroatoms. The molecule has 14 heavy (non-hydrogen) atoms. The Labute approximate surface area is 87.3 Å². The zero-order valence-electron chi connectivity index (χ0n) is 9.58. The fourth-order valence-electron chi connectivity index (χ4n) is 1.21. The Hall–Kier alpha value is -0.790. The van der Waals surface area contributed by atoms with Gasteiger partial charge in [-0.2, -0.15) is 0 Å². The Morgan fingerprint density at radius 1 is 1.36 bits per heavy atom. The molecular weight excluding hydrogens is 176 g/mol. The molecule has 0 saturated heterocycles. The van der Waals surface area contributed by atoms with E-state index >= 15 is 0 Å². The number of carbonyl (C=O) groups is 1. The van der Waals surface area contributed by atoms with E-state index in [0.29, 0.717) is 6.61 Å². The maximum atomic E-state index is 11.3. The Balaban J connectivity index is 3.48. The fraction of sp³-hybridized carbons (Fsp3) is 0.750. The average molecular weight is 198 g/mol. The zero-order chi connectivity index (χ0) is 10.8. The standard InChI is InChI=1S/C12H22O2/c1-4-6-7-8-10-14-12(13)11(3)9-5-2/h6-7,11H,4-5,8-10H2,1-3H3/b7-6-. The first-order chi connectivity index (χ1) is 6.72. The third kappa shape index (κ3) is 6.70. The molecule has 0 radical (unpaired) electrons. The number of ether oxygens (including phenoxy) is 1. The second-order valence-electron chi connectivity index (χ2n) is 3.53. The Morgan fingerprint density at radius 2 is 2.07 bits per heavy atom. The maximum absolute atomic E-state index is 11.3. The topological polar surface area (TPSA) is 26.3 Å². The molecule has 0 rings (SSSR count). The summed E-state index contributed by atoms with van der Waals surface area (Å²) in [6.07, 6.45) is 7.97. The molecule has 0 amide bonds. The number of rotatable bonds is 7. The first-order valence-corrected chi connectivity index (χ1v) is 5.54. The highest BCUT2D eigenvalue weighted by atomic mass is 16.5. The molecule has 0 aromatic rings. The van der Waals surface area contributed by atoms with Gasteiger partial charge in [0.15, 0.2) is 0 Å². The molecule has 82 valence electrons. The molecule has 0 N–H and O–H groups in total. The van der Waals surface area contributed by atoms with Gasteiger partial charge in [-0.3, -0.25) is 4.79 Å². The van der Waals surface area contributed by atoms with Gasteiger partial charge in [-0.15, -0.1) is 0 Å². The predicted octanol–water partition coefficient (Wildman–Crippen LogP) is 3.32. The predicted molar refractivity (Wildman–Crippen MR) is 59.1 cm³/mol. The van der Waals surface area contributed by atoms with Gasteiger partial charge in [-0.05, 0) is 19.3 Å². The number of hydrogen-bond acceptors (Lipinski definition) is 2. The zero-order valence-corrected chi connectivity index (χ0v) is 9.58. The van der Waals surface area contributed by atoms with E-state index in [1.807, 2.05) is 6.92 Å². The quantitative estimate of drug-likeness (QED) is 0.356. The van der Waals surface area contributed by atoms with Crippen molar-refractivity contribution in [2.24, 2.45) is 5.92 Å². The summed E-state index contributed by atoms with van der Waals surface area (Å²) >= 11 is 0. The summed E-state index contributed by atoms with van der Waals surface area (Å²) in [6.45, 7) is 6.61. The first kappa shape index (κ1) is 13.2. The van der Waals surface area contributed by atoms with Gasteiger partial charge in [-0.25, -0.2) is 0 Å². The van der Waals surface area contributed by atoms with Gasteiger partial charge in [0, 0.05) is 0 Å². The SMILES string of the molecule is CC/C=C\CCOC(=O)C(C)CCC. The minimum atomic E-state index is -0.0586. The van der Waals surface area contributed by atoms with E-state index in [9.17, 15) is 4.79 Å². The van der Waals surface area contributed by atoms with Crippen molar-refractivity contribution >= 4 is 5.97 Å². The lowest BCUT2D eigenvalue weighted by atomic mass is 10.1. The molecule has 1 atom stereocenters. The molecule has 0 fully saturated rings. The van der Waals surface area contributed by atoms with Crippen LogP contribution in [0.4, 0.5) is 0 Å². The second-order valence-corrected chi connectivity index (χ2v) is 3.53. The Kier molecular flexibility index (Phi) is 8.30. The monoisotopic (exact) mass is 198 g/mol. The molecule has 0 aliphatic rings. The van der Waals surface area contributed by atoms with Gasteiger partial charge in [-0.1, -0.05) is 39.3 Å². The highest BCUT2D eigenvalue weighted by Crippen LogP contribution is 2.07. The smallest absolute Gasteiger partial charge is 0.308 e. The van der Waals surface area contributed by atoms with Crippen molar-refractivity contribution in [3.63, 3.8) is 0 Å². The normalized spacial score (nSPS) is 13.1. The Bertz CT molecular complexity index is 173. The largest absolute Gasteiger partial charge is 0.465 e. The van der Waals surface area contributed by atoms with Crippen LogP contribution in [-0.2, 0) is 9.53 Å². The van der Waals surface area contributed by atoms with Crippen LogP contribution in [-0.4, -0.2) is 12.6 Å². The van der Waals surface area contributed by atoms with Crippen molar-refractivity contribution in [3.8, 4) is 0 Å². The molecule has 0 bridgehead atoms. The van der Waals surface area contributed by atoms with Crippen molar-refractivity contribution in [1.82, 2.24) is 0 Å². The average Bonchev–Trinajstić information content (AvgIpc) is 2.17. The second kappa shape index (κ2) is 8.79. The van der Waals surface area contributed by atoms with E-state index < -0.39 is 0 Å². The number of hydrogen-bond donors (Lipinski definition) is 0. The minimum Gasteiger partial charge on any atom is -0.465 e. The van der Waals surface area contributed by atoms with E-state index in [0.717, 1.165) is 25.7 Å². The van der Waals surface area contributed by atoms with Gasteiger partial charge in [0.25, 0.3) is 0 Å². The molecule has 2 nitrogen and oxygen atoms in total. The van der Waals surface area contributed by atoms with Gasteiger partial charge < -0.3 is 4.74 Å². The van der Waals surface area contributed by atoms with Crippen LogP contribution in [0.2, 0.25) is 0 Å². The summed E-state index contributed by atoms with van der Waals surface area (Å²) in [4.78, 5) is 11.3. The lowest BCUT2D eigenvalue weighted by molar-refractivity contribution is -0.148. The maximum Gasteiger partial charge on any atom is 0.308 e. The van der Waals surface area contributed by atoms with E-state index in [4.69, 9.17) is 4.74 Å². The van der Waals surface area contributed by atoms with E-state index in [2.05, 4.69) is 26.0 Å². The molecule has 0 aliphatic heterocycles. The molecule has 0 aromatic heterocycles. The van der Waals surface area contributed by atoms with Crippen molar-refractivity contribution in [3.05, 3.63) is 12.2 Å². The lowest BCUT2D eigenvalue weighted by Crippen LogP contribution is -2.14. The van der Waals surface area contributed by atoms with Crippen molar-refractivity contribution in [1.29, 1.82) is 0 Å². The number of carbonyl (C=O) groups excluding carboxylic acids is 1. The van der Waals surface area contributed by atoms with Crippen molar-refractivity contribution < 1.29 is 9.53 Å². The van der Waals surface area contributed by atoms with Crippen LogP contribution in [0.15, 0.2) is 12.2 Å². The summed E-state index contributed by atoms with van der Waals surface area (Å²) < 4.78 is 5.11. The molecular formula is C12H22O2. The van der Waals surface area contributed by atoms with Crippen LogP contribution in [0.3, 0.4) is 0 Å². The Morgan fingerprint density at radius 3 is 2.64 bits per heavy atom. The third-order valence-electron chi connectivity index (χ3n) is 2.06. The van der Waals surface area contributed by atoms with Gasteiger partial charge >= 0.3 is 5.97 Å². The van der Waals surface area contributed by atoms with Gasteiger partial charge in [0.1, 0.15) is 0 Å². The van der Waals surface area contributed by atoms with E-state index in [1.54, 1.807) is 0 Å². The number of esters is 1. The highest BCUT2D eigenvalue weighted by molar-refractivity contribution is 5.71. The highest BCUT2D eigenvalue weighted by Gasteiger charge is 2.11. The molecule has 0 saturated carbocycles.